The molecule has 1 aliphatic rings. The molecule has 124 valence electrons. The van der Waals surface area contributed by atoms with Crippen molar-refractivity contribution in [3.8, 4) is 17.1 Å². The van der Waals surface area contributed by atoms with Crippen LogP contribution in [0.25, 0.3) is 11.4 Å². The molecule has 0 atom stereocenters. The SMILES string of the molecule is COc1cccc(-c2noc(CSc3nnc(N)n3C3CC3)n2)c1. The lowest BCUT2D eigenvalue weighted by Crippen LogP contribution is -2.02. The van der Waals surface area contributed by atoms with Gasteiger partial charge in [-0.15, -0.1) is 10.2 Å². The Hall–Kier alpha value is -2.55. The number of nitrogens with zero attached hydrogens (tertiary/aromatic N) is 5. The highest BCUT2D eigenvalue weighted by atomic mass is 32.2. The van der Waals surface area contributed by atoms with Crippen LogP contribution in [0.2, 0.25) is 0 Å². The third kappa shape index (κ3) is 2.94. The highest BCUT2D eigenvalue weighted by molar-refractivity contribution is 7.98. The van der Waals surface area contributed by atoms with E-state index in [1.54, 1.807) is 7.11 Å². The Bertz CT molecular complexity index is 857. The second kappa shape index (κ2) is 6.16. The topological polar surface area (TPSA) is 105 Å². The zero-order chi connectivity index (χ0) is 16.5. The van der Waals surface area contributed by atoms with Gasteiger partial charge in [-0.05, 0) is 25.0 Å². The minimum atomic E-state index is 0.428. The third-order valence-electron chi connectivity index (χ3n) is 3.72. The molecule has 4 rings (SSSR count). The standard InChI is InChI=1S/C15H16N6O2S/c1-22-11-4-2-3-9(7-11)13-17-12(23-20-13)8-24-15-19-18-14(16)21(15)10-5-6-10/h2-4,7,10H,5-6,8H2,1H3,(H2,16,18). The lowest BCUT2D eigenvalue weighted by Gasteiger charge is -2.03. The first-order valence-corrected chi connectivity index (χ1v) is 8.53. The van der Waals surface area contributed by atoms with Crippen molar-refractivity contribution in [2.24, 2.45) is 0 Å². The minimum absolute atomic E-state index is 0.428. The Kier molecular flexibility index (Phi) is 3.85. The van der Waals surface area contributed by atoms with E-state index in [9.17, 15) is 0 Å². The van der Waals surface area contributed by atoms with Crippen molar-refractivity contribution in [2.75, 3.05) is 12.8 Å². The fourth-order valence-corrected chi connectivity index (χ4v) is 3.23. The number of thioether (sulfide) groups is 1. The number of nitrogen functional groups attached to an aromatic ring is 1. The monoisotopic (exact) mass is 344 g/mol. The first-order chi connectivity index (χ1) is 11.7. The molecular weight excluding hydrogens is 328 g/mol. The quantitative estimate of drug-likeness (QED) is 0.680. The number of methoxy groups -OCH3 is 1. The minimum Gasteiger partial charge on any atom is -0.497 e. The number of nitrogens with two attached hydrogens (primary N) is 1. The molecule has 3 aromatic rings. The Labute approximate surface area is 142 Å². The van der Waals surface area contributed by atoms with Crippen LogP contribution in [0.1, 0.15) is 24.8 Å². The van der Waals surface area contributed by atoms with Gasteiger partial charge in [0.15, 0.2) is 5.16 Å². The molecule has 9 heteroatoms. The van der Waals surface area contributed by atoms with Crippen LogP contribution in [0.3, 0.4) is 0 Å². The summed E-state index contributed by atoms with van der Waals surface area (Å²) >= 11 is 1.49. The van der Waals surface area contributed by atoms with Crippen LogP contribution in [0.5, 0.6) is 5.75 Å². The summed E-state index contributed by atoms with van der Waals surface area (Å²) in [7, 11) is 1.62. The molecule has 2 aromatic heterocycles. The Morgan fingerprint density at radius 2 is 2.25 bits per heavy atom. The molecule has 0 spiro atoms. The van der Waals surface area contributed by atoms with Gasteiger partial charge in [-0.3, -0.25) is 4.57 Å². The molecule has 0 amide bonds. The molecule has 0 bridgehead atoms. The van der Waals surface area contributed by atoms with E-state index in [1.165, 1.54) is 11.8 Å². The summed E-state index contributed by atoms with van der Waals surface area (Å²) in [6.07, 6.45) is 2.24. The third-order valence-corrected chi connectivity index (χ3v) is 4.65. The fourth-order valence-electron chi connectivity index (χ4n) is 2.38. The second-order valence-electron chi connectivity index (χ2n) is 5.47. The maximum absolute atomic E-state index is 5.87. The zero-order valence-corrected chi connectivity index (χ0v) is 13.9. The molecule has 1 aromatic carbocycles. The summed E-state index contributed by atoms with van der Waals surface area (Å²) in [4.78, 5) is 4.43. The Morgan fingerprint density at radius 1 is 1.38 bits per heavy atom. The lowest BCUT2D eigenvalue weighted by atomic mass is 10.2. The van der Waals surface area contributed by atoms with Gasteiger partial charge in [-0.2, -0.15) is 4.98 Å². The largest absolute Gasteiger partial charge is 0.497 e. The predicted molar refractivity (Wildman–Crippen MR) is 88.6 cm³/mol. The van der Waals surface area contributed by atoms with E-state index in [0.29, 0.717) is 29.5 Å². The molecule has 0 saturated heterocycles. The number of hydrogen-bond donors (Lipinski definition) is 1. The summed E-state index contributed by atoms with van der Waals surface area (Å²) in [5.74, 6) is 2.79. The van der Waals surface area contributed by atoms with Gasteiger partial charge in [0.1, 0.15) is 5.75 Å². The van der Waals surface area contributed by atoms with Gasteiger partial charge in [0, 0.05) is 11.6 Å². The normalized spacial score (nSPS) is 14.0. The van der Waals surface area contributed by atoms with E-state index in [-0.39, 0.29) is 0 Å². The van der Waals surface area contributed by atoms with Crippen LogP contribution in [0.15, 0.2) is 33.9 Å². The van der Waals surface area contributed by atoms with Crippen molar-refractivity contribution >= 4 is 17.7 Å². The van der Waals surface area contributed by atoms with Crippen molar-refractivity contribution in [3.63, 3.8) is 0 Å². The highest BCUT2D eigenvalue weighted by Gasteiger charge is 2.29. The van der Waals surface area contributed by atoms with E-state index in [1.807, 2.05) is 28.8 Å². The van der Waals surface area contributed by atoms with Gasteiger partial charge >= 0.3 is 0 Å². The maximum atomic E-state index is 5.87. The average molecular weight is 344 g/mol. The van der Waals surface area contributed by atoms with Crippen molar-refractivity contribution in [2.45, 2.75) is 29.8 Å². The summed E-state index contributed by atoms with van der Waals surface area (Å²) in [5.41, 5.74) is 6.72. The molecule has 1 fully saturated rings. The first kappa shape index (κ1) is 15.0. The number of benzene rings is 1. The van der Waals surface area contributed by atoms with Crippen molar-refractivity contribution < 1.29 is 9.26 Å². The van der Waals surface area contributed by atoms with Crippen molar-refractivity contribution in [1.82, 2.24) is 24.9 Å². The maximum Gasteiger partial charge on any atom is 0.237 e. The first-order valence-electron chi connectivity index (χ1n) is 7.55. The predicted octanol–water partition coefficient (Wildman–Crippen LogP) is 2.55. The molecule has 8 nitrogen and oxygen atoms in total. The summed E-state index contributed by atoms with van der Waals surface area (Å²) < 4.78 is 12.5. The van der Waals surface area contributed by atoms with Gasteiger partial charge < -0.3 is 15.0 Å². The van der Waals surface area contributed by atoms with Gasteiger partial charge in [0.05, 0.1) is 12.9 Å². The van der Waals surface area contributed by atoms with Gasteiger partial charge in [0.2, 0.25) is 17.7 Å². The molecule has 2 N–H and O–H groups in total. The number of ether oxygens (including phenoxy) is 1. The average Bonchev–Trinajstić information content (AvgIpc) is 3.21. The van der Waals surface area contributed by atoms with Crippen LogP contribution in [-0.2, 0) is 5.75 Å². The molecule has 1 aliphatic carbocycles. The van der Waals surface area contributed by atoms with Crippen LogP contribution in [-0.4, -0.2) is 32.0 Å². The summed E-state index contributed by atoms with van der Waals surface area (Å²) in [5, 5.41) is 12.9. The Morgan fingerprint density at radius 3 is 3.04 bits per heavy atom. The van der Waals surface area contributed by atoms with E-state index < -0.39 is 0 Å². The zero-order valence-electron chi connectivity index (χ0n) is 13.0. The number of hydrogen-bond acceptors (Lipinski definition) is 8. The summed E-state index contributed by atoms with van der Waals surface area (Å²) in [6.45, 7) is 0. The van der Waals surface area contributed by atoms with Crippen LogP contribution in [0, 0.1) is 0 Å². The molecule has 0 aliphatic heterocycles. The van der Waals surface area contributed by atoms with Gasteiger partial charge in [-0.25, -0.2) is 0 Å². The molecule has 24 heavy (non-hydrogen) atoms. The van der Waals surface area contributed by atoms with E-state index in [4.69, 9.17) is 15.0 Å². The number of rotatable bonds is 6. The van der Waals surface area contributed by atoms with Crippen LogP contribution in [0.4, 0.5) is 5.95 Å². The fraction of sp³-hybridized carbons (Fsp3) is 0.333. The smallest absolute Gasteiger partial charge is 0.237 e. The molecule has 0 unspecified atom stereocenters. The highest BCUT2D eigenvalue weighted by Crippen LogP contribution is 2.39. The second-order valence-corrected chi connectivity index (χ2v) is 6.42. The Balaban J connectivity index is 1.47. The van der Waals surface area contributed by atoms with Crippen molar-refractivity contribution in [3.05, 3.63) is 30.2 Å². The van der Waals surface area contributed by atoms with E-state index in [2.05, 4.69) is 20.3 Å². The van der Waals surface area contributed by atoms with Gasteiger partial charge in [0.25, 0.3) is 0 Å². The number of anilines is 1. The molecule has 2 heterocycles. The van der Waals surface area contributed by atoms with E-state index >= 15 is 0 Å². The van der Waals surface area contributed by atoms with Gasteiger partial charge in [-0.1, -0.05) is 29.1 Å². The number of aromatic nitrogens is 5. The summed E-state index contributed by atoms with van der Waals surface area (Å²) in [6, 6.07) is 7.97. The van der Waals surface area contributed by atoms with Crippen LogP contribution >= 0.6 is 11.8 Å². The van der Waals surface area contributed by atoms with E-state index in [0.717, 1.165) is 29.3 Å². The molecule has 1 saturated carbocycles. The van der Waals surface area contributed by atoms with Crippen molar-refractivity contribution in [1.29, 1.82) is 0 Å². The molecular formula is C15H16N6O2S. The van der Waals surface area contributed by atoms with Crippen LogP contribution < -0.4 is 10.5 Å². The molecule has 0 radical (unpaired) electrons. The lowest BCUT2D eigenvalue weighted by molar-refractivity contribution is 0.391.